The average Bonchev–Trinajstić information content (AvgIpc) is 2.24. The number of hydrogen-bond acceptors (Lipinski definition) is 3. The van der Waals surface area contributed by atoms with E-state index >= 15 is 0 Å². The predicted octanol–water partition coefficient (Wildman–Crippen LogP) is 2.92. The molecule has 1 aromatic heterocycles. The Labute approximate surface area is 96.6 Å². The lowest BCUT2D eigenvalue weighted by molar-refractivity contribution is -0.136. The molecule has 1 heterocycles. The molecule has 17 heavy (non-hydrogen) atoms. The van der Waals surface area contributed by atoms with Gasteiger partial charge in [-0.1, -0.05) is 0 Å². The Morgan fingerprint density at radius 1 is 1.47 bits per heavy atom. The average molecular weight is 247 g/mol. The van der Waals surface area contributed by atoms with E-state index in [0.29, 0.717) is 17.4 Å². The number of carbonyl (C=O) groups excluding carboxylic acids is 1. The second-order valence-electron chi connectivity index (χ2n) is 3.58. The molecule has 1 aromatic rings. The van der Waals surface area contributed by atoms with Crippen molar-refractivity contribution in [2.24, 2.45) is 0 Å². The summed E-state index contributed by atoms with van der Waals surface area (Å²) in [6.45, 7) is 1.63. The van der Waals surface area contributed by atoms with Crippen molar-refractivity contribution in [3.05, 3.63) is 23.4 Å². The van der Waals surface area contributed by atoms with Crippen LogP contribution < -0.4 is 4.74 Å². The number of aldehydes is 1. The molecule has 0 spiro atoms. The van der Waals surface area contributed by atoms with Crippen LogP contribution in [0.1, 0.15) is 28.8 Å². The molecule has 1 rings (SSSR count). The Hall–Kier alpha value is -1.59. The Balaban J connectivity index is 2.44. The predicted molar refractivity (Wildman–Crippen MR) is 55.1 cm³/mol. The second kappa shape index (κ2) is 5.65. The SMILES string of the molecule is Cc1cc(C=O)cnc1OCCCC(F)(F)F. The lowest BCUT2D eigenvalue weighted by Gasteiger charge is -2.09. The smallest absolute Gasteiger partial charge is 0.389 e. The standard InChI is InChI=1S/C11H12F3NO2/c1-8-5-9(7-16)6-15-10(8)17-4-2-3-11(12,13)14/h5-7H,2-4H2,1H3. The van der Waals surface area contributed by atoms with Gasteiger partial charge in [-0.2, -0.15) is 13.2 Å². The van der Waals surface area contributed by atoms with Gasteiger partial charge in [0.1, 0.15) is 0 Å². The van der Waals surface area contributed by atoms with Gasteiger partial charge in [-0.25, -0.2) is 4.98 Å². The number of nitrogens with zero attached hydrogens (tertiary/aromatic N) is 1. The summed E-state index contributed by atoms with van der Waals surface area (Å²) < 4.78 is 40.7. The van der Waals surface area contributed by atoms with Crippen LogP contribution in [0.25, 0.3) is 0 Å². The molecular weight excluding hydrogens is 235 g/mol. The van der Waals surface area contributed by atoms with Gasteiger partial charge in [0.05, 0.1) is 6.61 Å². The van der Waals surface area contributed by atoms with Crippen molar-refractivity contribution in [3.8, 4) is 5.88 Å². The van der Waals surface area contributed by atoms with Gasteiger partial charge in [-0.3, -0.25) is 4.79 Å². The molecule has 0 aliphatic carbocycles. The van der Waals surface area contributed by atoms with Crippen molar-refractivity contribution in [3.63, 3.8) is 0 Å². The number of aromatic nitrogens is 1. The fraction of sp³-hybridized carbons (Fsp3) is 0.455. The van der Waals surface area contributed by atoms with E-state index in [-0.39, 0.29) is 18.9 Å². The van der Waals surface area contributed by atoms with E-state index in [9.17, 15) is 18.0 Å². The van der Waals surface area contributed by atoms with Crippen molar-refractivity contribution in [2.75, 3.05) is 6.61 Å². The van der Waals surface area contributed by atoms with Gasteiger partial charge in [-0.15, -0.1) is 0 Å². The molecular formula is C11H12F3NO2. The molecule has 0 aliphatic heterocycles. The van der Waals surface area contributed by atoms with Crippen LogP contribution in [-0.4, -0.2) is 24.1 Å². The summed E-state index contributed by atoms with van der Waals surface area (Å²) in [5, 5.41) is 0. The van der Waals surface area contributed by atoms with Crippen molar-refractivity contribution in [2.45, 2.75) is 25.9 Å². The monoisotopic (exact) mass is 247 g/mol. The highest BCUT2D eigenvalue weighted by Gasteiger charge is 2.26. The highest BCUT2D eigenvalue weighted by atomic mass is 19.4. The molecule has 0 aliphatic rings. The summed E-state index contributed by atoms with van der Waals surface area (Å²) in [5.41, 5.74) is 1.03. The molecule has 0 saturated carbocycles. The summed E-state index contributed by atoms with van der Waals surface area (Å²) in [4.78, 5) is 14.3. The number of halogens is 3. The molecule has 0 N–H and O–H groups in total. The lowest BCUT2D eigenvalue weighted by Crippen LogP contribution is -2.10. The molecule has 0 bridgehead atoms. The minimum atomic E-state index is -4.16. The molecule has 3 nitrogen and oxygen atoms in total. The van der Waals surface area contributed by atoms with Crippen LogP contribution in [0, 0.1) is 6.92 Å². The van der Waals surface area contributed by atoms with Gasteiger partial charge >= 0.3 is 6.18 Å². The molecule has 0 amide bonds. The van der Waals surface area contributed by atoms with Gasteiger partial charge in [0.25, 0.3) is 0 Å². The van der Waals surface area contributed by atoms with Gasteiger partial charge < -0.3 is 4.74 Å². The van der Waals surface area contributed by atoms with Crippen LogP contribution in [0.4, 0.5) is 13.2 Å². The maximum absolute atomic E-state index is 11.8. The van der Waals surface area contributed by atoms with Crippen LogP contribution in [0.15, 0.2) is 12.3 Å². The Kier molecular flexibility index (Phi) is 4.48. The minimum Gasteiger partial charge on any atom is -0.477 e. The first-order chi connectivity index (χ1) is 7.92. The number of pyridine rings is 1. The third kappa shape index (κ3) is 4.84. The van der Waals surface area contributed by atoms with E-state index in [1.807, 2.05) is 0 Å². The van der Waals surface area contributed by atoms with Gasteiger partial charge in [0, 0.05) is 23.7 Å². The molecule has 0 atom stereocenters. The third-order valence-corrected chi connectivity index (χ3v) is 2.03. The molecule has 6 heteroatoms. The van der Waals surface area contributed by atoms with E-state index in [2.05, 4.69) is 4.98 Å². The van der Waals surface area contributed by atoms with E-state index in [0.717, 1.165) is 0 Å². The molecule has 0 radical (unpaired) electrons. The summed E-state index contributed by atoms with van der Waals surface area (Å²) in [6, 6.07) is 1.57. The van der Waals surface area contributed by atoms with Crippen LogP contribution >= 0.6 is 0 Å². The highest BCUT2D eigenvalue weighted by molar-refractivity contribution is 5.74. The first kappa shape index (κ1) is 13.5. The van der Waals surface area contributed by atoms with Crippen molar-refractivity contribution >= 4 is 6.29 Å². The molecule has 0 aromatic carbocycles. The zero-order valence-corrected chi connectivity index (χ0v) is 9.25. The van der Waals surface area contributed by atoms with E-state index in [1.165, 1.54) is 6.20 Å². The number of alkyl halides is 3. The van der Waals surface area contributed by atoms with E-state index in [1.54, 1.807) is 13.0 Å². The van der Waals surface area contributed by atoms with Crippen LogP contribution in [0.2, 0.25) is 0 Å². The number of ether oxygens (including phenoxy) is 1. The molecule has 94 valence electrons. The Morgan fingerprint density at radius 3 is 2.71 bits per heavy atom. The molecule has 0 saturated heterocycles. The van der Waals surface area contributed by atoms with Crippen molar-refractivity contribution in [1.29, 1.82) is 0 Å². The zero-order valence-electron chi connectivity index (χ0n) is 9.25. The van der Waals surface area contributed by atoms with Crippen LogP contribution in [0.3, 0.4) is 0 Å². The first-order valence-electron chi connectivity index (χ1n) is 5.04. The van der Waals surface area contributed by atoms with E-state index in [4.69, 9.17) is 4.74 Å². The Bertz CT molecular complexity index is 391. The fourth-order valence-corrected chi connectivity index (χ4v) is 1.24. The van der Waals surface area contributed by atoms with E-state index < -0.39 is 12.6 Å². The number of carbonyl (C=O) groups is 1. The highest BCUT2D eigenvalue weighted by Crippen LogP contribution is 2.22. The van der Waals surface area contributed by atoms with Crippen molar-refractivity contribution < 1.29 is 22.7 Å². The van der Waals surface area contributed by atoms with Crippen molar-refractivity contribution in [1.82, 2.24) is 4.98 Å². The van der Waals surface area contributed by atoms with Gasteiger partial charge in [-0.05, 0) is 19.4 Å². The Morgan fingerprint density at radius 2 is 2.18 bits per heavy atom. The minimum absolute atomic E-state index is 0.0478. The zero-order chi connectivity index (χ0) is 12.9. The summed E-state index contributed by atoms with van der Waals surface area (Å²) in [6.07, 6.45) is -3.18. The topological polar surface area (TPSA) is 39.2 Å². The quantitative estimate of drug-likeness (QED) is 0.593. The lowest BCUT2D eigenvalue weighted by atomic mass is 10.2. The van der Waals surface area contributed by atoms with Gasteiger partial charge in [0.2, 0.25) is 5.88 Å². The first-order valence-corrected chi connectivity index (χ1v) is 5.04. The number of hydrogen-bond donors (Lipinski definition) is 0. The van der Waals surface area contributed by atoms with Crippen LogP contribution in [0.5, 0.6) is 5.88 Å². The normalized spacial score (nSPS) is 11.3. The van der Waals surface area contributed by atoms with Crippen LogP contribution in [-0.2, 0) is 0 Å². The number of aryl methyl sites for hydroxylation is 1. The summed E-state index contributed by atoms with van der Waals surface area (Å²) in [7, 11) is 0. The molecule has 0 unspecified atom stereocenters. The second-order valence-corrected chi connectivity index (χ2v) is 3.58. The maximum atomic E-state index is 11.8. The summed E-state index contributed by atoms with van der Waals surface area (Å²) in [5.74, 6) is 0.262. The maximum Gasteiger partial charge on any atom is 0.389 e. The van der Waals surface area contributed by atoms with Gasteiger partial charge in [0.15, 0.2) is 6.29 Å². The largest absolute Gasteiger partial charge is 0.477 e. The summed E-state index contributed by atoms with van der Waals surface area (Å²) >= 11 is 0. The fourth-order valence-electron chi connectivity index (χ4n) is 1.24. The third-order valence-electron chi connectivity index (χ3n) is 2.03. The molecule has 0 fully saturated rings. The number of rotatable bonds is 5.